The zero-order valence-electron chi connectivity index (χ0n) is 15.7. The van der Waals surface area contributed by atoms with E-state index in [1.807, 2.05) is 12.1 Å². The summed E-state index contributed by atoms with van der Waals surface area (Å²) in [5.74, 6) is -0.587. The molecule has 30 heavy (non-hydrogen) atoms. The van der Waals surface area contributed by atoms with Crippen molar-refractivity contribution in [2.24, 2.45) is 0 Å². The predicted octanol–water partition coefficient (Wildman–Crippen LogP) is 2.39. The maximum absolute atomic E-state index is 12.8. The van der Waals surface area contributed by atoms with Crippen LogP contribution in [0, 0.1) is 0 Å². The van der Waals surface area contributed by atoms with Crippen LogP contribution in [0.15, 0.2) is 76.6 Å². The van der Waals surface area contributed by atoms with Crippen LogP contribution in [0.5, 0.6) is 0 Å². The Labute approximate surface area is 169 Å². The Morgan fingerprint density at radius 3 is 2.20 bits per heavy atom. The number of hydrogen-bond donors (Lipinski definition) is 1. The van der Waals surface area contributed by atoms with E-state index in [0.29, 0.717) is 12.6 Å². The number of nitrogens with zero attached hydrogens (tertiary/aromatic N) is 2. The van der Waals surface area contributed by atoms with Crippen molar-refractivity contribution in [1.82, 2.24) is 14.5 Å². The number of rotatable bonds is 6. The largest absolute Gasteiger partial charge is 0.421 e. The predicted molar refractivity (Wildman–Crippen MR) is 104 cm³/mol. The third kappa shape index (κ3) is 5.25. The van der Waals surface area contributed by atoms with E-state index in [1.54, 1.807) is 35.0 Å². The zero-order valence-corrected chi connectivity index (χ0v) is 15.7. The molecule has 1 aromatic carbocycles. The number of aromatic nitrogens is 2. The average molecular weight is 417 g/mol. The lowest BCUT2D eigenvalue weighted by molar-refractivity contribution is -0.139. The molecule has 0 fully saturated rings. The lowest BCUT2D eigenvalue weighted by atomic mass is 10.1. The summed E-state index contributed by atoms with van der Waals surface area (Å²) in [6, 6.07) is 13.9. The molecule has 0 aliphatic carbocycles. The fourth-order valence-electron chi connectivity index (χ4n) is 2.84. The maximum atomic E-state index is 12.8. The summed E-state index contributed by atoms with van der Waals surface area (Å²) < 4.78 is 40.7. The number of nitrogens with one attached hydrogen (secondary N) is 1. The molecule has 9 heteroatoms. The third-order valence-corrected chi connectivity index (χ3v) is 4.40. The SMILES string of the molecule is O=C(Cn1cccc(C(F)(F)F)c1=O)NCc1ccc(Cn2ccccc2=O)cc1. The molecule has 3 rings (SSSR count). The molecular formula is C21H18F3N3O3. The normalized spacial score (nSPS) is 11.3. The molecule has 0 radical (unpaired) electrons. The van der Waals surface area contributed by atoms with Gasteiger partial charge in [0.25, 0.3) is 11.1 Å². The summed E-state index contributed by atoms with van der Waals surface area (Å²) in [5.41, 5.74) is -1.02. The van der Waals surface area contributed by atoms with Crippen molar-refractivity contribution < 1.29 is 18.0 Å². The van der Waals surface area contributed by atoms with Crippen molar-refractivity contribution in [2.45, 2.75) is 25.8 Å². The summed E-state index contributed by atoms with van der Waals surface area (Å²) in [5, 5.41) is 2.58. The van der Waals surface area contributed by atoms with Gasteiger partial charge in [-0.15, -0.1) is 0 Å². The van der Waals surface area contributed by atoms with Gasteiger partial charge in [0, 0.05) is 25.0 Å². The van der Waals surface area contributed by atoms with E-state index >= 15 is 0 Å². The lowest BCUT2D eigenvalue weighted by Crippen LogP contribution is -2.34. The summed E-state index contributed by atoms with van der Waals surface area (Å²) in [6.07, 6.45) is -1.95. The first-order valence-electron chi connectivity index (χ1n) is 9.00. The molecule has 2 aromatic heterocycles. The average Bonchev–Trinajstić information content (AvgIpc) is 2.70. The second-order valence-corrected chi connectivity index (χ2v) is 6.61. The number of halogens is 3. The highest BCUT2D eigenvalue weighted by atomic mass is 19.4. The Bertz CT molecular complexity index is 1150. The van der Waals surface area contributed by atoms with Crippen molar-refractivity contribution in [2.75, 3.05) is 0 Å². The van der Waals surface area contributed by atoms with E-state index in [-0.39, 0.29) is 12.1 Å². The smallest absolute Gasteiger partial charge is 0.350 e. The molecule has 0 aliphatic heterocycles. The molecule has 0 aliphatic rings. The van der Waals surface area contributed by atoms with Gasteiger partial charge in [0.1, 0.15) is 12.1 Å². The van der Waals surface area contributed by atoms with Crippen LogP contribution in [0.1, 0.15) is 16.7 Å². The zero-order chi connectivity index (χ0) is 21.7. The van der Waals surface area contributed by atoms with Gasteiger partial charge >= 0.3 is 6.18 Å². The molecule has 0 bridgehead atoms. The first kappa shape index (κ1) is 21.1. The number of benzene rings is 1. The van der Waals surface area contributed by atoms with Gasteiger partial charge in [-0.3, -0.25) is 14.4 Å². The fraction of sp³-hybridized carbons (Fsp3) is 0.190. The van der Waals surface area contributed by atoms with Crippen molar-refractivity contribution in [3.63, 3.8) is 0 Å². The van der Waals surface area contributed by atoms with Gasteiger partial charge in [-0.2, -0.15) is 13.2 Å². The highest BCUT2D eigenvalue weighted by Gasteiger charge is 2.34. The highest BCUT2D eigenvalue weighted by Crippen LogP contribution is 2.25. The summed E-state index contributed by atoms with van der Waals surface area (Å²) in [4.78, 5) is 35.7. The molecule has 3 aromatic rings. The third-order valence-electron chi connectivity index (χ3n) is 4.40. The van der Waals surface area contributed by atoms with E-state index in [2.05, 4.69) is 5.32 Å². The topological polar surface area (TPSA) is 73.1 Å². The van der Waals surface area contributed by atoms with Crippen LogP contribution in [0.25, 0.3) is 0 Å². The quantitative estimate of drug-likeness (QED) is 0.670. The van der Waals surface area contributed by atoms with Gasteiger partial charge in [-0.05, 0) is 29.3 Å². The first-order valence-corrected chi connectivity index (χ1v) is 9.00. The van der Waals surface area contributed by atoms with Crippen molar-refractivity contribution >= 4 is 5.91 Å². The molecule has 156 valence electrons. The van der Waals surface area contributed by atoms with Crippen molar-refractivity contribution in [1.29, 1.82) is 0 Å². The lowest BCUT2D eigenvalue weighted by Gasteiger charge is -2.11. The Hall–Kier alpha value is -3.62. The van der Waals surface area contributed by atoms with E-state index in [1.165, 1.54) is 6.07 Å². The second-order valence-electron chi connectivity index (χ2n) is 6.61. The Balaban J connectivity index is 1.58. The minimum absolute atomic E-state index is 0.112. The molecule has 1 N–H and O–H groups in total. The van der Waals surface area contributed by atoms with Crippen LogP contribution < -0.4 is 16.4 Å². The minimum atomic E-state index is -4.77. The monoisotopic (exact) mass is 417 g/mol. The summed E-state index contributed by atoms with van der Waals surface area (Å²) in [7, 11) is 0. The Morgan fingerprint density at radius 1 is 0.867 bits per heavy atom. The number of carbonyl (C=O) groups excluding carboxylic acids is 1. The van der Waals surface area contributed by atoms with E-state index < -0.39 is 29.8 Å². The number of hydrogen-bond acceptors (Lipinski definition) is 3. The van der Waals surface area contributed by atoms with Crippen LogP contribution in [-0.2, 0) is 30.6 Å². The van der Waals surface area contributed by atoms with Gasteiger partial charge in [0.05, 0.1) is 6.54 Å². The molecule has 1 amide bonds. The van der Waals surface area contributed by atoms with Gasteiger partial charge < -0.3 is 14.5 Å². The molecule has 2 heterocycles. The minimum Gasteiger partial charge on any atom is -0.350 e. The van der Waals surface area contributed by atoms with Crippen LogP contribution in [0.2, 0.25) is 0 Å². The van der Waals surface area contributed by atoms with Crippen molar-refractivity contribution in [3.8, 4) is 0 Å². The van der Waals surface area contributed by atoms with Crippen LogP contribution in [-0.4, -0.2) is 15.0 Å². The van der Waals surface area contributed by atoms with E-state index in [0.717, 1.165) is 28.0 Å². The fourth-order valence-corrected chi connectivity index (χ4v) is 2.84. The molecule has 6 nitrogen and oxygen atoms in total. The summed E-state index contributed by atoms with van der Waals surface area (Å²) in [6.45, 7) is 0.0423. The second kappa shape index (κ2) is 8.81. The van der Waals surface area contributed by atoms with Gasteiger partial charge in [-0.1, -0.05) is 30.3 Å². The number of alkyl halides is 3. The standard InChI is InChI=1S/C21H18F3N3O3/c22-21(23,24)17-4-3-11-27(20(17)30)14-18(28)25-12-15-6-8-16(9-7-15)13-26-10-2-1-5-19(26)29/h1-11H,12-14H2,(H,25,28). The van der Waals surface area contributed by atoms with Crippen LogP contribution in [0.4, 0.5) is 13.2 Å². The molecule has 0 saturated heterocycles. The number of carbonyl (C=O) groups is 1. The van der Waals surface area contributed by atoms with Crippen molar-refractivity contribution in [3.05, 3.63) is 104 Å². The van der Waals surface area contributed by atoms with Gasteiger partial charge in [0.15, 0.2) is 0 Å². The number of pyridine rings is 2. The Kier molecular flexibility index (Phi) is 6.20. The highest BCUT2D eigenvalue weighted by molar-refractivity contribution is 5.75. The summed E-state index contributed by atoms with van der Waals surface area (Å²) >= 11 is 0. The van der Waals surface area contributed by atoms with Crippen LogP contribution >= 0.6 is 0 Å². The first-order chi connectivity index (χ1) is 14.2. The van der Waals surface area contributed by atoms with Crippen LogP contribution in [0.3, 0.4) is 0 Å². The molecule has 0 spiro atoms. The van der Waals surface area contributed by atoms with Gasteiger partial charge in [0.2, 0.25) is 5.91 Å². The van der Waals surface area contributed by atoms with E-state index in [4.69, 9.17) is 0 Å². The van der Waals surface area contributed by atoms with Gasteiger partial charge in [-0.25, -0.2) is 0 Å². The van der Waals surface area contributed by atoms with E-state index in [9.17, 15) is 27.6 Å². The molecule has 0 atom stereocenters. The Morgan fingerprint density at radius 2 is 1.53 bits per heavy atom. The maximum Gasteiger partial charge on any atom is 0.421 e. The molecule has 0 saturated carbocycles. The number of amides is 1. The molecular weight excluding hydrogens is 399 g/mol. The molecule has 0 unspecified atom stereocenters.